The second-order valence-corrected chi connectivity index (χ2v) is 4.05. The number of nitrogens with one attached hydrogen (secondary N) is 4. The molecule has 0 spiro atoms. The van der Waals surface area contributed by atoms with Crippen molar-refractivity contribution in [2.45, 2.75) is 13.8 Å². The molecule has 7 nitrogen and oxygen atoms in total. The summed E-state index contributed by atoms with van der Waals surface area (Å²) >= 11 is 9.94. The second kappa shape index (κ2) is 11.8. The van der Waals surface area contributed by atoms with Crippen LogP contribution in [-0.2, 0) is 4.74 Å². The van der Waals surface area contributed by atoms with Crippen LogP contribution in [0.4, 0.5) is 0 Å². The first-order chi connectivity index (χ1) is 9.13. The summed E-state index contributed by atoms with van der Waals surface area (Å²) in [6.45, 7) is 5.66. The third kappa shape index (κ3) is 10.3. The molecule has 0 aliphatic rings. The Morgan fingerprint density at radius 1 is 1.11 bits per heavy atom. The monoisotopic (exact) mass is 304 g/mol. The molecule has 19 heavy (non-hydrogen) atoms. The van der Waals surface area contributed by atoms with E-state index in [0.717, 1.165) is 13.1 Å². The molecule has 9 heteroatoms. The zero-order chi connectivity index (χ0) is 14.5. The van der Waals surface area contributed by atoms with E-state index in [1.54, 1.807) is 7.11 Å². The van der Waals surface area contributed by atoms with E-state index in [1.165, 1.54) is 6.21 Å². The van der Waals surface area contributed by atoms with Crippen LogP contribution in [-0.4, -0.2) is 49.0 Å². The minimum atomic E-state index is 0.306. The van der Waals surface area contributed by atoms with Gasteiger partial charge in [0.05, 0.1) is 12.8 Å². The number of hydrazone groups is 2. The molecular weight excluding hydrogens is 284 g/mol. The quantitative estimate of drug-likeness (QED) is 0.298. The van der Waals surface area contributed by atoms with E-state index >= 15 is 0 Å². The van der Waals surface area contributed by atoms with Crippen LogP contribution in [0.25, 0.3) is 0 Å². The van der Waals surface area contributed by atoms with Gasteiger partial charge in [0, 0.05) is 20.2 Å². The molecule has 0 radical (unpaired) electrons. The van der Waals surface area contributed by atoms with Crippen LogP contribution >= 0.6 is 24.4 Å². The average molecular weight is 304 g/mol. The van der Waals surface area contributed by atoms with E-state index in [2.05, 4.69) is 31.7 Å². The molecule has 0 saturated carbocycles. The van der Waals surface area contributed by atoms with Gasteiger partial charge in [-0.1, -0.05) is 0 Å². The number of rotatable bonds is 7. The Labute approximate surface area is 124 Å². The number of nitrogens with zero attached hydrogens (tertiary/aromatic N) is 2. The first-order valence-electron chi connectivity index (χ1n) is 5.80. The topological polar surface area (TPSA) is 82.1 Å². The smallest absolute Gasteiger partial charge is 0.186 e. The Bertz CT molecular complexity index is 345. The Balaban J connectivity index is 4.30. The van der Waals surface area contributed by atoms with Crippen molar-refractivity contribution in [3.63, 3.8) is 0 Å². The van der Waals surface area contributed by atoms with Gasteiger partial charge in [0.2, 0.25) is 0 Å². The van der Waals surface area contributed by atoms with Crippen molar-refractivity contribution in [1.82, 2.24) is 21.5 Å². The Hall–Kier alpha value is -1.32. The van der Waals surface area contributed by atoms with Gasteiger partial charge in [-0.3, -0.25) is 10.9 Å². The highest BCUT2D eigenvalue weighted by Gasteiger charge is 1.97. The molecule has 0 aromatic heterocycles. The standard InChI is InChI=1S/C10H20N6OS2/c1-4-11-9(18)15-13-6-8(7-17-3)14-16-10(19)12-5-2/h6H,4-5,7H2,1-3H3,(H2,11,15,18)(H2,12,16,19)/b13-6+,14-8-. The fourth-order valence-electron chi connectivity index (χ4n) is 0.934. The number of hydrogen-bond acceptors (Lipinski definition) is 5. The molecule has 0 aliphatic carbocycles. The number of methoxy groups -OCH3 is 1. The lowest BCUT2D eigenvalue weighted by atomic mass is 10.4. The lowest BCUT2D eigenvalue weighted by molar-refractivity contribution is 0.246. The van der Waals surface area contributed by atoms with E-state index in [4.69, 9.17) is 29.2 Å². The van der Waals surface area contributed by atoms with Crippen LogP contribution in [0.15, 0.2) is 10.2 Å². The van der Waals surface area contributed by atoms with Crippen molar-refractivity contribution in [3.05, 3.63) is 0 Å². The van der Waals surface area contributed by atoms with Gasteiger partial charge in [0.1, 0.15) is 5.71 Å². The van der Waals surface area contributed by atoms with Crippen LogP contribution in [0.2, 0.25) is 0 Å². The van der Waals surface area contributed by atoms with E-state index in [1.807, 2.05) is 13.8 Å². The highest BCUT2D eigenvalue weighted by molar-refractivity contribution is 7.80. The van der Waals surface area contributed by atoms with Crippen molar-refractivity contribution < 1.29 is 4.74 Å². The lowest BCUT2D eigenvalue weighted by Gasteiger charge is -2.06. The molecule has 4 N–H and O–H groups in total. The van der Waals surface area contributed by atoms with Gasteiger partial charge >= 0.3 is 0 Å². The SMILES string of the molecule is CCNC(=S)N/N=C(/C=N/NC(=S)NCC)COC. The number of thiocarbonyl (C=S) groups is 2. The number of ether oxygens (including phenoxy) is 1. The van der Waals surface area contributed by atoms with Crippen molar-refractivity contribution in [2.75, 3.05) is 26.8 Å². The molecule has 0 saturated heterocycles. The normalized spacial score (nSPS) is 11.2. The van der Waals surface area contributed by atoms with E-state index in [9.17, 15) is 0 Å². The molecular formula is C10H20N6OS2. The molecule has 0 unspecified atom stereocenters. The summed E-state index contributed by atoms with van der Waals surface area (Å²) in [5.74, 6) is 0. The molecule has 0 bridgehead atoms. The maximum Gasteiger partial charge on any atom is 0.186 e. The minimum absolute atomic E-state index is 0.306. The van der Waals surface area contributed by atoms with Gasteiger partial charge in [-0.05, 0) is 38.3 Å². The zero-order valence-electron chi connectivity index (χ0n) is 11.3. The second-order valence-electron chi connectivity index (χ2n) is 3.24. The van der Waals surface area contributed by atoms with Gasteiger partial charge in [-0.15, -0.1) is 0 Å². The average Bonchev–Trinajstić information content (AvgIpc) is 2.36. The summed E-state index contributed by atoms with van der Waals surface area (Å²) in [4.78, 5) is 0. The molecule has 0 atom stereocenters. The fourth-order valence-corrected chi connectivity index (χ4v) is 1.32. The summed E-state index contributed by atoms with van der Waals surface area (Å²) in [6.07, 6.45) is 1.51. The van der Waals surface area contributed by atoms with Crippen LogP contribution < -0.4 is 21.5 Å². The van der Waals surface area contributed by atoms with E-state index < -0.39 is 0 Å². The molecule has 0 aromatic carbocycles. The molecule has 0 amide bonds. The largest absolute Gasteiger partial charge is 0.378 e. The highest BCUT2D eigenvalue weighted by Crippen LogP contribution is 1.78. The minimum Gasteiger partial charge on any atom is -0.378 e. The molecule has 108 valence electrons. The van der Waals surface area contributed by atoms with Crippen molar-refractivity contribution >= 4 is 46.6 Å². The predicted molar refractivity (Wildman–Crippen MR) is 86.6 cm³/mol. The first kappa shape index (κ1) is 17.7. The van der Waals surface area contributed by atoms with Gasteiger partial charge < -0.3 is 15.4 Å². The van der Waals surface area contributed by atoms with E-state index in [-0.39, 0.29) is 0 Å². The van der Waals surface area contributed by atoms with Crippen LogP contribution in [0.5, 0.6) is 0 Å². The van der Waals surface area contributed by atoms with Crippen LogP contribution in [0.1, 0.15) is 13.8 Å². The molecule has 0 fully saturated rings. The fraction of sp³-hybridized carbons (Fsp3) is 0.600. The lowest BCUT2D eigenvalue weighted by Crippen LogP contribution is -2.33. The van der Waals surface area contributed by atoms with Crippen molar-refractivity contribution in [1.29, 1.82) is 0 Å². The summed E-state index contributed by atoms with van der Waals surface area (Å²) in [6, 6.07) is 0. The molecule has 0 aliphatic heterocycles. The third-order valence-corrected chi connectivity index (χ3v) is 2.12. The first-order valence-corrected chi connectivity index (χ1v) is 6.61. The summed E-state index contributed by atoms with van der Waals surface area (Å²) in [5.41, 5.74) is 5.93. The predicted octanol–water partition coefficient (Wildman–Crippen LogP) is -0.0574. The Kier molecular flexibility index (Phi) is 10.9. The Morgan fingerprint density at radius 3 is 2.21 bits per heavy atom. The number of hydrogen-bond donors (Lipinski definition) is 4. The summed E-state index contributed by atoms with van der Waals surface area (Å²) < 4.78 is 5.00. The van der Waals surface area contributed by atoms with E-state index in [0.29, 0.717) is 22.5 Å². The van der Waals surface area contributed by atoms with Crippen molar-refractivity contribution in [2.24, 2.45) is 10.2 Å². The maximum atomic E-state index is 5.00. The Morgan fingerprint density at radius 2 is 1.68 bits per heavy atom. The van der Waals surface area contributed by atoms with Gasteiger partial charge in [0.25, 0.3) is 0 Å². The van der Waals surface area contributed by atoms with Gasteiger partial charge in [-0.25, -0.2) is 0 Å². The van der Waals surface area contributed by atoms with Crippen LogP contribution in [0, 0.1) is 0 Å². The molecule has 0 rings (SSSR count). The van der Waals surface area contributed by atoms with Gasteiger partial charge in [-0.2, -0.15) is 10.2 Å². The summed E-state index contributed by atoms with van der Waals surface area (Å²) in [5, 5.41) is 14.7. The maximum absolute atomic E-state index is 5.00. The zero-order valence-corrected chi connectivity index (χ0v) is 13.0. The molecule has 0 aromatic rings. The van der Waals surface area contributed by atoms with Gasteiger partial charge in [0.15, 0.2) is 10.2 Å². The molecule has 0 heterocycles. The summed E-state index contributed by atoms with van der Waals surface area (Å²) in [7, 11) is 1.57. The third-order valence-electron chi connectivity index (χ3n) is 1.65. The van der Waals surface area contributed by atoms with Crippen LogP contribution in [0.3, 0.4) is 0 Å². The highest BCUT2D eigenvalue weighted by atomic mass is 32.1. The van der Waals surface area contributed by atoms with Crippen molar-refractivity contribution in [3.8, 4) is 0 Å².